The van der Waals surface area contributed by atoms with Crippen LogP contribution in [0, 0.1) is 0 Å². The summed E-state index contributed by atoms with van der Waals surface area (Å²) in [5.41, 5.74) is 2.54. The first kappa shape index (κ1) is 27.8. The molecule has 1 fully saturated rings. The van der Waals surface area contributed by atoms with Gasteiger partial charge in [-0.2, -0.15) is 0 Å². The van der Waals surface area contributed by atoms with Gasteiger partial charge in [0.1, 0.15) is 0 Å². The number of nitrogens with one attached hydrogen (secondary N) is 1. The monoisotopic (exact) mass is 518 g/mol. The third kappa shape index (κ3) is 7.36. The fourth-order valence-corrected chi connectivity index (χ4v) is 4.80. The molecule has 1 aliphatic heterocycles. The highest BCUT2D eigenvalue weighted by molar-refractivity contribution is 7.88. The van der Waals surface area contributed by atoms with Gasteiger partial charge in [-0.05, 0) is 54.5 Å². The van der Waals surface area contributed by atoms with E-state index in [9.17, 15) is 28.2 Å². The zero-order valence-corrected chi connectivity index (χ0v) is 21.5. The Morgan fingerprint density at radius 3 is 2.17 bits per heavy atom. The van der Waals surface area contributed by atoms with Crippen LogP contribution in [-0.4, -0.2) is 62.1 Å². The second-order valence-electron chi connectivity index (χ2n) is 9.25. The largest absolute Gasteiger partial charge is 0.454 e. The van der Waals surface area contributed by atoms with Gasteiger partial charge < -0.3 is 19.8 Å². The van der Waals surface area contributed by atoms with Crippen molar-refractivity contribution < 1.29 is 33.0 Å². The lowest BCUT2D eigenvalue weighted by molar-refractivity contribution is -0.168. The summed E-state index contributed by atoms with van der Waals surface area (Å²) in [6, 6.07) is 15.5. The smallest absolute Gasteiger partial charge is 0.303 e. The number of β-lactam (4-membered cyclic amide) rings is 1. The van der Waals surface area contributed by atoms with Gasteiger partial charge in [0.25, 0.3) is 0 Å². The van der Waals surface area contributed by atoms with Gasteiger partial charge in [0, 0.05) is 19.2 Å². The van der Waals surface area contributed by atoms with Crippen LogP contribution in [0.25, 0.3) is 0 Å². The minimum absolute atomic E-state index is 0.0474. The molecule has 1 aliphatic rings. The molecule has 10 heteroatoms. The lowest BCUT2D eigenvalue weighted by Gasteiger charge is -2.41. The highest BCUT2D eigenvalue weighted by Crippen LogP contribution is 2.39. The van der Waals surface area contributed by atoms with Gasteiger partial charge in [-0.1, -0.05) is 36.4 Å². The summed E-state index contributed by atoms with van der Waals surface area (Å²) in [6.45, 7) is 0.703. The predicted molar refractivity (Wildman–Crippen MR) is 136 cm³/mol. The summed E-state index contributed by atoms with van der Waals surface area (Å²) >= 11 is 0. The molecule has 9 nitrogen and oxygen atoms in total. The molecule has 0 aliphatic carbocycles. The number of nitrogens with zero attached hydrogens (tertiary/aromatic N) is 1. The first-order valence-corrected chi connectivity index (χ1v) is 13.8. The van der Waals surface area contributed by atoms with Gasteiger partial charge in [-0.15, -0.1) is 0 Å². The normalized spacial score (nSPS) is 16.1. The first-order chi connectivity index (χ1) is 17.1. The van der Waals surface area contributed by atoms with Crippen molar-refractivity contribution in [2.75, 3.05) is 30.9 Å². The number of hydrogen-bond acceptors (Lipinski definition) is 7. The van der Waals surface area contributed by atoms with E-state index in [0.29, 0.717) is 25.8 Å². The van der Waals surface area contributed by atoms with Crippen LogP contribution in [0.3, 0.4) is 0 Å². The Morgan fingerprint density at radius 2 is 1.64 bits per heavy atom. The lowest BCUT2D eigenvalue weighted by Crippen LogP contribution is -2.46. The molecule has 3 rings (SSSR count). The highest BCUT2D eigenvalue weighted by Gasteiger charge is 2.38. The van der Waals surface area contributed by atoms with Gasteiger partial charge in [0.2, 0.25) is 15.9 Å². The van der Waals surface area contributed by atoms with Crippen molar-refractivity contribution in [1.29, 1.82) is 0 Å². The topological polar surface area (TPSA) is 133 Å². The number of carbonyl (C=O) groups is 2. The number of benzene rings is 2. The highest BCUT2D eigenvalue weighted by atomic mass is 32.2. The Hall–Kier alpha value is -2.79. The molecule has 0 bridgehead atoms. The predicted octanol–water partition coefficient (Wildman–Crippen LogP) is 1.87. The van der Waals surface area contributed by atoms with Gasteiger partial charge in [0.05, 0.1) is 31.9 Å². The van der Waals surface area contributed by atoms with Gasteiger partial charge in [-0.3, -0.25) is 9.59 Å². The maximum Gasteiger partial charge on any atom is 0.303 e. The molecule has 196 valence electrons. The number of aliphatic hydroxyl groups is 2. The van der Waals surface area contributed by atoms with Crippen LogP contribution >= 0.6 is 0 Å². The second-order valence-corrected chi connectivity index (χ2v) is 11.1. The number of hydrogen-bond donors (Lipinski definition) is 3. The van der Waals surface area contributed by atoms with Gasteiger partial charge in [0.15, 0.2) is 5.60 Å². The molecule has 2 aromatic rings. The average Bonchev–Trinajstić information content (AvgIpc) is 2.83. The third-order valence-corrected chi connectivity index (χ3v) is 7.07. The van der Waals surface area contributed by atoms with Crippen LogP contribution in [-0.2, 0) is 37.2 Å². The fraction of sp³-hybridized carbons (Fsp3) is 0.462. The van der Waals surface area contributed by atoms with Crippen molar-refractivity contribution in [2.24, 2.45) is 0 Å². The third-order valence-electron chi connectivity index (χ3n) is 6.34. The zero-order chi connectivity index (χ0) is 26.3. The van der Waals surface area contributed by atoms with E-state index in [-0.39, 0.29) is 18.4 Å². The SMILES string of the molecule is CC(=O)OC(CO)(CO)CCc1ccc([C@@H]2CC(=O)N2c2ccc(CCCNS(C)(=O)=O)cc2)cc1. The molecule has 0 spiro atoms. The molecular weight excluding hydrogens is 484 g/mol. The number of aryl methyl sites for hydroxylation is 2. The first-order valence-electron chi connectivity index (χ1n) is 11.9. The Morgan fingerprint density at radius 1 is 1.06 bits per heavy atom. The van der Waals surface area contributed by atoms with Crippen molar-refractivity contribution in [3.63, 3.8) is 0 Å². The van der Waals surface area contributed by atoms with E-state index in [1.165, 1.54) is 6.92 Å². The Kier molecular flexibility index (Phi) is 9.24. The molecule has 3 N–H and O–H groups in total. The van der Waals surface area contributed by atoms with Crippen molar-refractivity contribution in [3.05, 3.63) is 65.2 Å². The number of amides is 1. The van der Waals surface area contributed by atoms with E-state index in [1.54, 1.807) is 4.90 Å². The van der Waals surface area contributed by atoms with Crippen molar-refractivity contribution in [3.8, 4) is 0 Å². The molecule has 1 atom stereocenters. The number of rotatable bonds is 13. The number of esters is 1. The summed E-state index contributed by atoms with van der Waals surface area (Å²) in [7, 11) is -3.18. The summed E-state index contributed by atoms with van der Waals surface area (Å²) in [5, 5.41) is 19.2. The molecule has 1 amide bonds. The van der Waals surface area contributed by atoms with Gasteiger partial charge >= 0.3 is 5.97 Å². The second kappa shape index (κ2) is 12.0. The molecule has 0 aromatic heterocycles. The maximum atomic E-state index is 12.4. The van der Waals surface area contributed by atoms with E-state index in [2.05, 4.69) is 4.72 Å². The number of carbonyl (C=O) groups excluding carboxylic acids is 2. The number of ether oxygens (including phenoxy) is 1. The number of sulfonamides is 1. The Bertz CT molecular complexity index is 1140. The Labute approximate surface area is 212 Å². The number of anilines is 1. The molecular formula is C26H34N2O7S. The minimum Gasteiger partial charge on any atom is -0.454 e. The van der Waals surface area contributed by atoms with E-state index in [4.69, 9.17) is 4.74 Å². The zero-order valence-electron chi connectivity index (χ0n) is 20.6. The van der Waals surface area contributed by atoms with Crippen LogP contribution in [0.2, 0.25) is 0 Å². The quantitative estimate of drug-likeness (QED) is 0.209. The maximum absolute atomic E-state index is 12.4. The molecule has 36 heavy (non-hydrogen) atoms. The van der Waals surface area contributed by atoms with E-state index in [0.717, 1.165) is 35.1 Å². The van der Waals surface area contributed by atoms with E-state index >= 15 is 0 Å². The summed E-state index contributed by atoms with van der Waals surface area (Å²) < 4.78 is 29.9. The van der Waals surface area contributed by atoms with Crippen molar-refractivity contribution in [2.45, 2.75) is 50.7 Å². The van der Waals surface area contributed by atoms with Crippen LogP contribution in [0.15, 0.2) is 48.5 Å². The summed E-state index contributed by atoms with van der Waals surface area (Å²) in [6.07, 6.45) is 3.76. The molecule has 2 aromatic carbocycles. The summed E-state index contributed by atoms with van der Waals surface area (Å²) in [5.74, 6) is -0.508. The molecule has 0 saturated carbocycles. The fourth-order valence-electron chi connectivity index (χ4n) is 4.29. The van der Waals surface area contributed by atoms with Crippen molar-refractivity contribution in [1.82, 2.24) is 4.72 Å². The standard InChI is InChI=1S/C26H34N2O7S/c1-19(31)35-26(17-29,18-30)14-13-21-5-9-22(10-6-21)24-16-25(32)28(24)23-11-7-20(8-12-23)4-3-15-27-36(2,33)34/h5-12,24,27,29-30H,3-4,13-18H2,1-2H3/t24-/m0/s1. The average molecular weight is 519 g/mol. The molecule has 1 saturated heterocycles. The van der Waals surface area contributed by atoms with E-state index < -0.39 is 34.8 Å². The minimum atomic E-state index is -3.18. The molecule has 0 unspecified atom stereocenters. The number of aliphatic hydroxyl groups excluding tert-OH is 2. The Balaban J connectivity index is 1.59. The molecule has 1 heterocycles. The van der Waals surface area contributed by atoms with Crippen LogP contribution in [0.4, 0.5) is 5.69 Å². The van der Waals surface area contributed by atoms with E-state index in [1.807, 2.05) is 48.5 Å². The van der Waals surface area contributed by atoms with Crippen LogP contribution in [0.5, 0.6) is 0 Å². The molecule has 0 radical (unpaired) electrons. The lowest BCUT2D eigenvalue weighted by atomic mass is 9.90. The van der Waals surface area contributed by atoms with Crippen molar-refractivity contribution >= 4 is 27.6 Å². The van der Waals surface area contributed by atoms with Gasteiger partial charge in [-0.25, -0.2) is 13.1 Å². The van der Waals surface area contributed by atoms with Crippen LogP contribution < -0.4 is 9.62 Å². The summed E-state index contributed by atoms with van der Waals surface area (Å²) in [4.78, 5) is 25.5. The van der Waals surface area contributed by atoms with Crippen LogP contribution in [0.1, 0.15) is 48.9 Å².